The highest BCUT2D eigenvalue weighted by Crippen LogP contribution is 2.32. The van der Waals surface area contributed by atoms with E-state index in [9.17, 15) is 18.0 Å². The summed E-state index contributed by atoms with van der Waals surface area (Å²) in [5, 5.41) is 0. The van der Waals surface area contributed by atoms with Gasteiger partial charge in [-0.3, -0.25) is 4.79 Å². The summed E-state index contributed by atoms with van der Waals surface area (Å²) in [5.74, 6) is -0.675. The Bertz CT molecular complexity index is 501. The third-order valence-corrected chi connectivity index (χ3v) is 2.83. The van der Waals surface area contributed by atoms with Crippen molar-refractivity contribution in [2.45, 2.75) is 17.9 Å². The first-order chi connectivity index (χ1) is 9.27. The van der Waals surface area contributed by atoms with Crippen LogP contribution in [0.15, 0.2) is 36.4 Å². The molecule has 0 unspecified atom stereocenters. The van der Waals surface area contributed by atoms with Gasteiger partial charge in [0.05, 0.1) is 5.56 Å². The fourth-order valence-electron chi connectivity index (χ4n) is 1.50. The fraction of sp³-hybridized carbons (Fsp3) is 0.308. The molecule has 0 N–H and O–H groups in total. The van der Waals surface area contributed by atoms with E-state index in [4.69, 9.17) is 23.2 Å². The van der Waals surface area contributed by atoms with Gasteiger partial charge in [-0.15, -0.1) is 0 Å². The Labute approximate surface area is 124 Å². The van der Waals surface area contributed by atoms with Crippen LogP contribution in [0.3, 0.4) is 0 Å². The number of nitrogens with zero attached hydrogens (tertiary/aromatic N) is 1. The first-order valence-corrected chi connectivity index (χ1v) is 6.52. The highest BCUT2D eigenvalue weighted by Gasteiger charge is 2.31. The molecule has 20 heavy (non-hydrogen) atoms. The number of hydrogen-bond donors (Lipinski definition) is 0. The van der Waals surface area contributed by atoms with Gasteiger partial charge in [0.25, 0.3) is 5.91 Å². The van der Waals surface area contributed by atoms with Gasteiger partial charge in [-0.2, -0.15) is 13.2 Å². The molecule has 0 aliphatic rings. The molecule has 0 radical (unpaired) electrons. The van der Waals surface area contributed by atoms with Crippen molar-refractivity contribution in [2.75, 3.05) is 11.4 Å². The smallest absolute Gasteiger partial charge is 0.306 e. The zero-order valence-electron chi connectivity index (χ0n) is 10.5. The molecule has 0 bridgehead atoms. The topological polar surface area (TPSA) is 20.3 Å². The van der Waals surface area contributed by atoms with Crippen molar-refractivity contribution in [1.82, 2.24) is 0 Å². The van der Waals surface area contributed by atoms with Crippen molar-refractivity contribution in [1.29, 1.82) is 0 Å². The lowest BCUT2D eigenvalue weighted by Gasteiger charge is -2.22. The van der Waals surface area contributed by atoms with Crippen molar-refractivity contribution in [2.24, 2.45) is 0 Å². The predicted octanol–water partition coefficient (Wildman–Crippen LogP) is 4.42. The standard InChI is InChI=1S/C13H12Cl2F3NO/c1-2-3-7-19(12(20)11(14)15)10-6-4-5-9(8-10)13(16,17)18/h2-6,8,11H,7H2,1H3/b3-2+. The third-order valence-electron chi connectivity index (χ3n) is 2.46. The van der Waals surface area contributed by atoms with E-state index in [1.807, 2.05) is 0 Å². The van der Waals surface area contributed by atoms with E-state index in [1.165, 1.54) is 12.1 Å². The summed E-state index contributed by atoms with van der Waals surface area (Å²) in [6.07, 6.45) is -1.19. The van der Waals surface area contributed by atoms with Crippen molar-refractivity contribution >= 4 is 34.8 Å². The summed E-state index contributed by atoms with van der Waals surface area (Å²) in [7, 11) is 0. The Kier molecular flexibility index (Phi) is 5.89. The summed E-state index contributed by atoms with van der Waals surface area (Å²) >= 11 is 11.0. The van der Waals surface area contributed by atoms with Crippen molar-refractivity contribution in [3.63, 3.8) is 0 Å². The van der Waals surface area contributed by atoms with E-state index in [2.05, 4.69) is 0 Å². The van der Waals surface area contributed by atoms with E-state index in [0.29, 0.717) is 0 Å². The van der Waals surface area contributed by atoms with E-state index in [1.54, 1.807) is 19.1 Å². The predicted molar refractivity (Wildman–Crippen MR) is 74.1 cm³/mol. The number of carbonyl (C=O) groups is 1. The maximum atomic E-state index is 12.7. The molecule has 0 fully saturated rings. The van der Waals surface area contributed by atoms with Crippen LogP contribution in [0.5, 0.6) is 0 Å². The van der Waals surface area contributed by atoms with Crippen LogP contribution in [0.25, 0.3) is 0 Å². The summed E-state index contributed by atoms with van der Waals surface area (Å²) in [6, 6.07) is 4.44. The van der Waals surface area contributed by atoms with Crippen LogP contribution in [0.1, 0.15) is 12.5 Å². The first kappa shape index (κ1) is 16.9. The Hall–Kier alpha value is -1.20. The fourth-order valence-corrected chi connectivity index (χ4v) is 1.74. The maximum Gasteiger partial charge on any atom is 0.416 e. The quantitative estimate of drug-likeness (QED) is 0.592. The highest BCUT2D eigenvalue weighted by molar-refractivity contribution is 6.54. The third kappa shape index (κ3) is 4.42. The second kappa shape index (κ2) is 6.99. The maximum absolute atomic E-state index is 12.7. The van der Waals surface area contributed by atoms with Gasteiger partial charge in [0, 0.05) is 12.2 Å². The number of carbonyl (C=O) groups excluding carboxylic acids is 1. The second-order valence-electron chi connectivity index (χ2n) is 3.87. The lowest BCUT2D eigenvalue weighted by Crippen LogP contribution is -2.35. The summed E-state index contributed by atoms with van der Waals surface area (Å²) in [5.41, 5.74) is -0.747. The largest absolute Gasteiger partial charge is 0.416 e. The molecule has 0 aliphatic carbocycles. The molecule has 2 nitrogen and oxygen atoms in total. The number of allylic oxidation sites excluding steroid dienone is 1. The van der Waals surface area contributed by atoms with E-state index in [-0.39, 0.29) is 12.2 Å². The van der Waals surface area contributed by atoms with Crippen molar-refractivity contribution in [3.8, 4) is 0 Å². The van der Waals surface area contributed by atoms with Crippen LogP contribution < -0.4 is 4.90 Å². The van der Waals surface area contributed by atoms with Crippen molar-refractivity contribution in [3.05, 3.63) is 42.0 Å². The second-order valence-corrected chi connectivity index (χ2v) is 4.96. The minimum atomic E-state index is -4.48. The molecule has 1 aromatic rings. The number of rotatable bonds is 4. The lowest BCUT2D eigenvalue weighted by atomic mass is 10.1. The molecular formula is C13H12Cl2F3NO. The van der Waals surface area contributed by atoms with Gasteiger partial charge in [0.15, 0.2) is 4.84 Å². The molecule has 0 aromatic heterocycles. The van der Waals surface area contributed by atoms with Gasteiger partial charge < -0.3 is 4.90 Å². The average Bonchev–Trinajstić information content (AvgIpc) is 2.38. The van der Waals surface area contributed by atoms with Crippen LogP contribution >= 0.6 is 23.2 Å². The van der Waals surface area contributed by atoms with E-state index >= 15 is 0 Å². The van der Waals surface area contributed by atoms with E-state index < -0.39 is 22.5 Å². The number of alkyl halides is 5. The zero-order chi connectivity index (χ0) is 15.3. The molecule has 0 atom stereocenters. The van der Waals surface area contributed by atoms with Crippen LogP contribution in [0.2, 0.25) is 0 Å². The van der Waals surface area contributed by atoms with E-state index in [0.717, 1.165) is 17.0 Å². The Morgan fingerprint density at radius 2 is 2.05 bits per heavy atom. The number of amides is 1. The van der Waals surface area contributed by atoms with Gasteiger partial charge in [0.1, 0.15) is 0 Å². The molecule has 1 rings (SSSR count). The van der Waals surface area contributed by atoms with Crippen LogP contribution in [0, 0.1) is 0 Å². The molecule has 0 heterocycles. The number of benzene rings is 1. The van der Waals surface area contributed by atoms with Crippen LogP contribution in [0.4, 0.5) is 18.9 Å². The molecular weight excluding hydrogens is 314 g/mol. The Morgan fingerprint density at radius 1 is 1.40 bits per heavy atom. The summed E-state index contributed by atoms with van der Waals surface area (Å²) in [4.78, 5) is 11.6. The van der Waals surface area contributed by atoms with Gasteiger partial charge in [-0.05, 0) is 25.1 Å². The SMILES string of the molecule is C/C=C/CN(C(=O)C(Cl)Cl)c1cccc(C(F)(F)F)c1. The summed E-state index contributed by atoms with van der Waals surface area (Å²) < 4.78 is 38.0. The van der Waals surface area contributed by atoms with Crippen molar-refractivity contribution < 1.29 is 18.0 Å². The Morgan fingerprint density at radius 3 is 2.55 bits per heavy atom. The van der Waals surface area contributed by atoms with Gasteiger partial charge >= 0.3 is 6.18 Å². The number of halogens is 5. The normalized spacial score (nSPS) is 12.2. The zero-order valence-corrected chi connectivity index (χ0v) is 12.0. The highest BCUT2D eigenvalue weighted by atomic mass is 35.5. The monoisotopic (exact) mass is 325 g/mol. The van der Waals surface area contributed by atoms with Crippen LogP contribution in [-0.4, -0.2) is 17.3 Å². The number of hydrogen-bond acceptors (Lipinski definition) is 1. The molecule has 7 heteroatoms. The molecule has 110 valence electrons. The lowest BCUT2D eigenvalue weighted by molar-refractivity contribution is -0.137. The average molecular weight is 326 g/mol. The summed E-state index contributed by atoms with van der Waals surface area (Å²) in [6.45, 7) is 1.82. The minimum absolute atomic E-state index is 0.0899. The Balaban J connectivity index is 3.17. The number of anilines is 1. The molecule has 0 saturated heterocycles. The van der Waals surface area contributed by atoms with Crippen LogP contribution in [-0.2, 0) is 11.0 Å². The molecule has 0 aliphatic heterocycles. The molecule has 0 spiro atoms. The molecule has 0 saturated carbocycles. The van der Waals surface area contributed by atoms with Gasteiger partial charge in [-0.1, -0.05) is 41.4 Å². The minimum Gasteiger partial charge on any atom is -0.306 e. The first-order valence-electron chi connectivity index (χ1n) is 5.65. The molecule has 1 aromatic carbocycles. The molecule has 1 amide bonds. The van der Waals surface area contributed by atoms with Gasteiger partial charge in [0.2, 0.25) is 0 Å². The van der Waals surface area contributed by atoms with Gasteiger partial charge in [-0.25, -0.2) is 0 Å².